The predicted octanol–water partition coefficient (Wildman–Crippen LogP) is 2.01. The van der Waals surface area contributed by atoms with E-state index in [-0.39, 0.29) is 0 Å². The number of ether oxygens (including phenoxy) is 1. The minimum absolute atomic E-state index is 0.813. The van der Waals surface area contributed by atoms with Gasteiger partial charge in [0.2, 0.25) is 0 Å². The van der Waals surface area contributed by atoms with Crippen molar-refractivity contribution in [1.29, 1.82) is 0 Å². The van der Waals surface area contributed by atoms with Crippen LogP contribution in [0, 0.1) is 6.23 Å². The predicted molar refractivity (Wildman–Crippen MR) is 46.8 cm³/mol. The lowest BCUT2D eigenvalue weighted by molar-refractivity contribution is 0.256. The molecular weight excluding hydrogens is 150 g/mol. The molecule has 0 aromatic heterocycles. The Morgan fingerprint density at radius 1 is 1.17 bits per heavy atom. The molecule has 0 saturated heterocycles. The Bertz CT molecular complexity index is 292. The Balaban J connectivity index is 2.14. The molecule has 1 aliphatic rings. The van der Waals surface area contributed by atoms with E-state index in [2.05, 4.69) is 5.32 Å². The first kappa shape index (κ1) is 7.22. The van der Waals surface area contributed by atoms with Crippen LogP contribution in [0.1, 0.15) is 12.5 Å². The van der Waals surface area contributed by atoms with Crippen molar-refractivity contribution in [3.05, 3.63) is 54.1 Å². The molecule has 1 aromatic rings. The largest absolute Gasteiger partial charge is 0.460 e. The van der Waals surface area contributed by atoms with Crippen LogP contribution in [0.25, 0.3) is 0 Å². The van der Waals surface area contributed by atoms with E-state index in [0.717, 1.165) is 17.6 Å². The van der Waals surface area contributed by atoms with Gasteiger partial charge in [-0.25, -0.2) is 0 Å². The highest BCUT2D eigenvalue weighted by Gasteiger charge is 2.17. The third-order valence-electron chi connectivity index (χ3n) is 1.71. The topological polar surface area (TPSA) is 21.3 Å². The number of rotatable bonds is 1. The fraction of sp³-hybridized carbons (Fsp3) is 0.100. The molecule has 2 nitrogen and oxygen atoms in total. The summed E-state index contributed by atoms with van der Waals surface area (Å²) in [5.41, 5.74) is 1.07. The molecule has 0 spiro atoms. The number of benzene rings is 1. The second-order valence-electron chi connectivity index (χ2n) is 2.70. The Kier molecular flexibility index (Phi) is 1.74. The van der Waals surface area contributed by atoms with Crippen LogP contribution in [0.3, 0.4) is 0 Å². The summed E-state index contributed by atoms with van der Waals surface area (Å²) >= 11 is 0. The molecule has 1 heterocycles. The lowest BCUT2D eigenvalue weighted by Crippen LogP contribution is -2.12. The molecule has 1 aliphatic heterocycles. The summed E-state index contributed by atoms with van der Waals surface area (Å²) in [6.07, 6.45) is 2.66. The maximum Gasteiger partial charge on any atom is 0.269 e. The minimum Gasteiger partial charge on any atom is -0.460 e. The van der Waals surface area contributed by atoms with Gasteiger partial charge in [-0.15, -0.1) is 0 Å². The van der Waals surface area contributed by atoms with Crippen LogP contribution in [0.2, 0.25) is 0 Å². The van der Waals surface area contributed by atoms with E-state index in [0.29, 0.717) is 0 Å². The van der Waals surface area contributed by atoms with Crippen LogP contribution in [0.5, 0.6) is 0 Å². The molecule has 0 bridgehead atoms. The normalized spacial score (nSPS) is 16.6. The number of nitrogens with one attached hydrogen (secondary N) is 1. The zero-order valence-corrected chi connectivity index (χ0v) is 6.87. The van der Waals surface area contributed by atoms with E-state index in [9.17, 15) is 0 Å². The van der Waals surface area contributed by atoms with Crippen molar-refractivity contribution < 1.29 is 4.74 Å². The first-order valence-electron chi connectivity index (χ1n) is 3.90. The summed E-state index contributed by atoms with van der Waals surface area (Å²) in [5.74, 6) is 0.897. The molecule has 2 heteroatoms. The number of allylic oxidation sites excluding steroid dienone is 1. The highest BCUT2D eigenvalue weighted by molar-refractivity contribution is 5.29. The van der Waals surface area contributed by atoms with Crippen LogP contribution in [-0.2, 0) is 4.74 Å². The van der Waals surface area contributed by atoms with Crippen molar-refractivity contribution in [3.63, 3.8) is 0 Å². The number of hydrogen-bond donors (Lipinski definition) is 1. The van der Waals surface area contributed by atoms with Gasteiger partial charge in [0.05, 0.1) is 0 Å². The molecule has 0 amide bonds. The van der Waals surface area contributed by atoms with Crippen molar-refractivity contribution in [3.8, 4) is 0 Å². The smallest absolute Gasteiger partial charge is 0.269 e. The molecule has 0 fully saturated rings. The van der Waals surface area contributed by atoms with Gasteiger partial charge in [-0.2, -0.15) is 0 Å². The molecule has 0 atom stereocenters. The van der Waals surface area contributed by atoms with E-state index in [1.807, 2.05) is 43.5 Å². The third kappa shape index (κ3) is 1.28. The van der Waals surface area contributed by atoms with Crippen LogP contribution in [0.4, 0.5) is 0 Å². The Morgan fingerprint density at radius 2 is 1.92 bits per heavy atom. The molecule has 1 N–H and O–H groups in total. The highest BCUT2D eigenvalue weighted by atomic mass is 16.5. The first-order chi connectivity index (χ1) is 5.86. The fourth-order valence-electron chi connectivity index (χ4n) is 1.12. The van der Waals surface area contributed by atoms with Gasteiger partial charge in [-0.3, -0.25) is 0 Å². The van der Waals surface area contributed by atoms with Gasteiger partial charge in [0.25, 0.3) is 6.23 Å². The van der Waals surface area contributed by atoms with Crippen molar-refractivity contribution >= 4 is 0 Å². The van der Waals surface area contributed by atoms with E-state index < -0.39 is 0 Å². The quantitative estimate of drug-likeness (QED) is 0.678. The summed E-state index contributed by atoms with van der Waals surface area (Å²) in [5, 5.41) is 3.06. The van der Waals surface area contributed by atoms with Crippen LogP contribution in [0.15, 0.2) is 42.3 Å². The monoisotopic (exact) mass is 160 g/mol. The zero-order chi connectivity index (χ0) is 8.39. The van der Waals surface area contributed by atoms with Gasteiger partial charge in [-0.05, 0) is 6.92 Å². The van der Waals surface area contributed by atoms with Crippen molar-refractivity contribution in [2.24, 2.45) is 0 Å². The van der Waals surface area contributed by atoms with Crippen molar-refractivity contribution in [2.75, 3.05) is 0 Å². The van der Waals surface area contributed by atoms with E-state index in [4.69, 9.17) is 4.74 Å². The summed E-state index contributed by atoms with van der Waals surface area (Å²) in [6.45, 7) is 1.92. The average molecular weight is 160 g/mol. The summed E-state index contributed by atoms with van der Waals surface area (Å²) in [7, 11) is 0. The Morgan fingerprint density at radius 3 is 2.50 bits per heavy atom. The SMILES string of the molecule is CC1=CN[C](c2ccccc2)O1. The van der Waals surface area contributed by atoms with Crippen molar-refractivity contribution in [1.82, 2.24) is 5.32 Å². The van der Waals surface area contributed by atoms with Gasteiger partial charge in [0, 0.05) is 11.8 Å². The van der Waals surface area contributed by atoms with E-state index in [1.165, 1.54) is 0 Å². The maximum atomic E-state index is 5.41. The summed E-state index contributed by atoms with van der Waals surface area (Å²) in [4.78, 5) is 0. The second-order valence-corrected chi connectivity index (χ2v) is 2.70. The molecular formula is C10H10NO. The van der Waals surface area contributed by atoms with Crippen LogP contribution < -0.4 is 5.32 Å². The second kappa shape index (κ2) is 2.89. The lowest BCUT2D eigenvalue weighted by Gasteiger charge is -2.09. The fourth-order valence-corrected chi connectivity index (χ4v) is 1.12. The summed E-state index contributed by atoms with van der Waals surface area (Å²) < 4.78 is 5.41. The van der Waals surface area contributed by atoms with Crippen LogP contribution >= 0.6 is 0 Å². The van der Waals surface area contributed by atoms with Crippen LogP contribution in [-0.4, -0.2) is 0 Å². The minimum atomic E-state index is 0.813. The summed E-state index contributed by atoms with van der Waals surface area (Å²) in [6, 6.07) is 9.98. The third-order valence-corrected chi connectivity index (χ3v) is 1.71. The molecule has 1 aromatic carbocycles. The molecule has 61 valence electrons. The van der Waals surface area contributed by atoms with E-state index >= 15 is 0 Å². The zero-order valence-electron chi connectivity index (χ0n) is 6.87. The Hall–Kier alpha value is -1.44. The first-order valence-corrected chi connectivity index (χ1v) is 3.90. The molecule has 2 rings (SSSR count). The van der Waals surface area contributed by atoms with Gasteiger partial charge in [0.15, 0.2) is 0 Å². The van der Waals surface area contributed by atoms with Gasteiger partial charge in [0.1, 0.15) is 5.76 Å². The highest BCUT2D eigenvalue weighted by Crippen LogP contribution is 2.20. The van der Waals surface area contributed by atoms with Gasteiger partial charge >= 0.3 is 0 Å². The maximum absolute atomic E-state index is 5.41. The van der Waals surface area contributed by atoms with Gasteiger partial charge < -0.3 is 10.1 Å². The molecule has 0 unspecified atom stereocenters. The number of hydrogen-bond acceptors (Lipinski definition) is 2. The average Bonchev–Trinajstić information content (AvgIpc) is 2.54. The molecule has 0 aliphatic carbocycles. The van der Waals surface area contributed by atoms with Crippen molar-refractivity contribution in [2.45, 2.75) is 6.92 Å². The Labute approximate surface area is 71.9 Å². The van der Waals surface area contributed by atoms with Gasteiger partial charge in [-0.1, -0.05) is 30.3 Å². The van der Waals surface area contributed by atoms with E-state index in [1.54, 1.807) is 0 Å². The molecule has 1 radical (unpaired) electrons. The lowest BCUT2D eigenvalue weighted by atomic mass is 10.2. The molecule has 12 heavy (non-hydrogen) atoms. The molecule has 0 saturated carbocycles. The standard InChI is InChI=1S/C10H10NO/c1-8-7-11-10(12-8)9-5-3-2-4-6-9/h2-7,11H,1H3.